The SMILES string of the molecule is CCN1CCN(c2nc(-c3ccc(OC)cc3)cc3cc(C)ccc23)CC1. The van der Waals surface area contributed by atoms with Crippen molar-refractivity contribution in [2.45, 2.75) is 13.8 Å². The molecule has 4 rings (SSSR count). The lowest BCUT2D eigenvalue weighted by molar-refractivity contribution is 0.271. The third kappa shape index (κ3) is 3.62. The lowest BCUT2D eigenvalue weighted by Gasteiger charge is -2.35. The first-order valence-corrected chi connectivity index (χ1v) is 9.71. The summed E-state index contributed by atoms with van der Waals surface area (Å²) < 4.78 is 5.30. The van der Waals surface area contributed by atoms with Crippen LogP contribution < -0.4 is 9.64 Å². The fourth-order valence-corrected chi connectivity index (χ4v) is 3.79. The van der Waals surface area contributed by atoms with Gasteiger partial charge >= 0.3 is 0 Å². The van der Waals surface area contributed by atoms with Crippen molar-refractivity contribution < 1.29 is 4.74 Å². The number of pyridine rings is 1. The molecule has 4 nitrogen and oxygen atoms in total. The molecule has 0 radical (unpaired) electrons. The van der Waals surface area contributed by atoms with Crippen molar-refractivity contribution in [3.05, 3.63) is 54.1 Å². The van der Waals surface area contributed by atoms with Gasteiger partial charge in [-0.25, -0.2) is 4.98 Å². The van der Waals surface area contributed by atoms with Crippen LogP contribution in [0.25, 0.3) is 22.0 Å². The Balaban J connectivity index is 1.78. The van der Waals surface area contributed by atoms with Gasteiger partial charge in [-0.05, 0) is 49.2 Å². The van der Waals surface area contributed by atoms with Crippen LogP contribution in [0.3, 0.4) is 0 Å². The number of hydrogen-bond acceptors (Lipinski definition) is 4. The summed E-state index contributed by atoms with van der Waals surface area (Å²) in [6.45, 7) is 9.73. The summed E-state index contributed by atoms with van der Waals surface area (Å²) in [5.41, 5.74) is 3.41. The number of anilines is 1. The van der Waals surface area contributed by atoms with Crippen molar-refractivity contribution in [3.63, 3.8) is 0 Å². The van der Waals surface area contributed by atoms with E-state index in [2.05, 4.69) is 60.0 Å². The molecule has 0 saturated carbocycles. The Morgan fingerprint density at radius 1 is 0.963 bits per heavy atom. The fraction of sp³-hybridized carbons (Fsp3) is 0.348. The van der Waals surface area contributed by atoms with E-state index in [0.717, 1.165) is 55.5 Å². The second-order valence-corrected chi connectivity index (χ2v) is 7.21. The van der Waals surface area contributed by atoms with Crippen LogP contribution in [0.1, 0.15) is 12.5 Å². The van der Waals surface area contributed by atoms with Gasteiger partial charge in [0.05, 0.1) is 12.8 Å². The maximum Gasteiger partial charge on any atom is 0.137 e. The third-order valence-corrected chi connectivity index (χ3v) is 5.47. The molecular weight excluding hydrogens is 334 g/mol. The van der Waals surface area contributed by atoms with Crippen LogP contribution in [0.4, 0.5) is 5.82 Å². The van der Waals surface area contributed by atoms with Gasteiger partial charge in [-0.3, -0.25) is 0 Å². The second kappa shape index (κ2) is 7.57. The van der Waals surface area contributed by atoms with E-state index in [-0.39, 0.29) is 0 Å². The number of rotatable bonds is 4. The monoisotopic (exact) mass is 361 g/mol. The molecule has 0 aliphatic carbocycles. The fourth-order valence-electron chi connectivity index (χ4n) is 3.79. The summed E-state index contributed by atoms with van der Waals surface area (Å²) in [6, 6.07) is 17.0. The maximum atomic E-state index is 5.30. The summed E-state index contributed by atoms with van der Waals surface area (Å²) in [5.74, 6) is 1.97. The molecule has 1 aliphatic rings. The van der Waals surface area contributed by atoms with Crippen molar-refractivity contribution >= 4 is 16.6 Å². The van der Waals surface area contributed by atoms with Crippen LogP contribution in [0, 0.1) is 6.92 Å². The van der Waals surface area contributed by atoms with Crippen molar-refractivity contribution in [1.29, 1.82) is 0 Å². The van der Waals surface area contributed by atoms with Gasteiger partial charge in [0.2, 0.25) is 0 Å². The number of likely N-dealkylation sites (N-methyl/N-ethyl adjacent to an activating group) is 1. The summed E-state index contributed by atoms with van der Waals surface area (Å²) in [6.07, 6.45) is 0. The van der Waals surface area contributed by atoms with Gasteiger partial charge < -0.3 is 14.5 Å². The highest BCUT2D eigenvalue weighted by Gasteiger charge is 2.20. The van der Waals surface area contributed by atoms with Gasteiger partial charge in [0.25, 0.3) is 0 Å². The average Bonchev–Trinajstić information content (AvgIpc) is 2.73. The first-order chi connectivity index (χ1) is 13.2. The molecule has 0 bridgehead atoms. The molecule has 140 valence electrons. The number of methoxy groups -OCH3 is 1. The second-order valence-electron chi connectivity index (χ2n) is 7.21. The minimum Gasteiger partial charge on any atom is -0.497 e. The zero-order chi connectivity index (χ0) is 18.8. The zero-order valence-corrected chi connectivity index (χ0v) is 16.4. The smallest absolute Gasteiger partial charge is 0.137 e. The van der Waals surface area contributed by atoms with Gasteiger partial charge in [-0.1, -0.05) is 30.7 Å². The molecule has 1 aromatic heterocycles. The first-order valence-electron chi connectivity index (χ1n) is 9.71. The van der Waals surface area contributed by atoms with Crippen LogP contribution in [0.15, 0.2) is 48.5 Å². The van der Waals surface area contributed by atoms with Crippen LogP contribution in [-0.2, 0) is 0 Å². The number of benzene rings is 2. The lowest BCUT2D eigenvalue weighted by atomic mass is 10.0. The van der Waals surface area contributed by atoms with Gasteiger partial charge in [0.1, 0.15) is 11.6 Å². The topological polar surface area (TPSA) is 28.6 Å². The number of aryl methyl sites for hydroxylation is 1. The minimum atomic E-state index is 0.867. The maximum absolute atomic E-state index is 5.30. The quantitative estimate of drug-likeness (QED) is 0.690. The first kappa shape index (κ1) is 17.8. The Kier molecular flexibility index (Phi) is 4.99. The molecule has 2 aromatic carbocycles. The van der Waals surface area contributed by atoms with Gasteiger partial charge in [0.15, 0.2) is 0 Å². The molecule has 4 heteroatoms. The predicted molar refractivity (Wildman–Crippen MR) is 113 cm³/mol. The van der Waals surface area contributed by atoms with E-state index < -0.39 is 0 Å². The van der Waals surface area contributed by atoms with Crippen LogP contribution in [-0.4, -0.2) is 49.7 Å². The van der Waals surface area contributed by atoms with E-state index in [1.54, 1.807) is 7.11 Å². The minimum absolute atomic E-state index is 0.867. The molecular formula is C23H27N3O. The Hall–Kier alpha value is -2.59. The van der Waals surface area contributed by atoms with Gasteiger partial charge in [0, 0.05) is 37.1 Å². The Labute approximate surface area is 161 Å². The van der Waals surface area contributed by atoms with Crippen molar-refractivity contribution in [2.75, 3.05) is 44.7 Å². The van der Waals surface area contributed by atoms with E-state index >= 15 is 0 Å². The van der Waals surface area contributed by atoms with Crippen molar-refractivity contribution in [1.82, 2.24) is 9.88 Å². The van der Waals surface area contributed by atoms with Gasteiger partial charge in [-0.15, -0.1) is 0 Å². The summed E-state index contributed by atoms with van der Waals surface area (Å²) in [7, 11) is 1.69. The normalized spacial score (nSPS) is 15.3. The van der Waals surface area contributed by atoms with E-state index in [1.165, 1.54) is 16.3 Å². The molecule has 0 unspecified atom stereocenters. The largest absolute Gasteiger partial charge is 0.497 e. The highest BCUT2D eigenvalue weighted by Crippen LogP contribution is 2.32. The highest BCUT2D eigenvalue weighted by molar-refractivity contribution is 5.95. The lowest BCUT2D eigenvalue weighted by Crippen LogP contribution is -2.46. The molecule has 0 spiro atoms. The predicted octanol–water partition coefficient (Wildman–Crippen LogP) is 4.36. The number of hydrogen-bond donors (Lipinski definition) is 0. The number of nitrogens with zero attached hydrogens (tertiary/aromatic N) is 3. The summed E-state index contributed by atoms with van der Waals surface area (Å²) >= 11 is 0. The van der Waals surface area contributed by atoms with Crippen LogP contribution in [0.5, 0.6) is 5.75 Å². The zero-order valence-electron chi connectivity index (χ0n) is 16.4. The van der Waals surface area contributed by atoms with E-state index in [4.69, 9.17) is 9.72 Å². The molecule has 0 atom stereocenters. The third-order valence-electron chi connectivity index (χ3n) is 5.47. The summed E-state index contributed by atoms with van der Waals surface area (Å²) in [4.78, 5) is 10.0. The number of ether oxygens (including phenoxy) is 1. The van der Waals surface area contributed by atoms with Crippen molar-refractivity contribution in [3.8, 4) is 17.0 Å². The molecule has 1 aliphatic heterocycles. The molecule has 2 heterocycles. The van der Waals surface area contributed by atoms with Crippen LogP contribution >= 0.6 is 0 Å². The number of aromatic nitrogens is 1. The van der Waals surface area contributed by atoms with E-state index in [1.807, 2.05) is 12.1 Å². The standard InChI is InChI=1S/C23H27N3O/c1-4-25-11-13-26(14-12-25)23-21-10-5-17(2)15-19(21)16-22(24-23)18-6-8-20(27-3)9-7-18/h5-10,15-16H,4,11-14H2,1-3H3. The average molecular weight is 361 g/mol. The molecule has 1 fully saturated rings. The highest BCUT2D eigenvalue weighted by atomic mass is 16.5. The molecule has 27 heavy (non-hydrogen) atoms. The molecule has 3 aromatic rings. The van der Waals surface area contributed by atoms with E-state index in [9.17, 15) is 0 Å². The number of piperazine rings is 1. The molecule has 0 amide bonds. The Morgan fingerprint density at radius 2 is 1.70 bits per heavy atom. The van der Waals surface area contributed by atoms with E-state index in [0.29, 0.717) is 0 Å². The molecule has 1 saturated heterocycles. The molecule has 0 N–H and O–H groups in total. The van der Waals surface area contributed by atoms with Crippen molar-refractivity contribution in [2.24, 2.45) is 0 Å². The Morgan fingerprint density at radius 3 is 2.37 bits per heavy atom. The Bertz CT molecular complexity index is 928. The number of fused-ring (bicyclic) bond motifs is 1. The summed E-state index contributed by atoms with van der Waals surface area (Å²) in [5, 5.41) is 2.49. The van der Waals surface area contributed by atoms with Gasteiger partial charge in [-0.2, -0.15) is 0 Å². The van der Waals surface area contributed by atoms with Crippen LogP contribution in [0.2, 0.25) is 0 Å².